The molecule has 0 radical (unpaired) electrons. The smallest absolute Gasteiger partial charge is 0.326 e. The van der Waals surface area contributed by atoms with Gasteiger partial charge in [0.2, 0.25) is 17.7 Å². The highest BCUT2D eigenvalue weighted by atomic mass is 16.4. The number of benzene rings is 1. The highest BCUT2D eigenvalue weighted by Gasteiger charge is 2.33. The molecule has 3 amide bonds. The van der Waals surface area contributed by atoms with Gasteiger partial charge in [-0.15, -0.1) is 0 Å². The fourth-order valence-corrected chi connectivity index (χ4v) is 3.54. The number of rotatable bonds is 14. The number of hydrogen-bond donors (Lipinski definition) is 6. The molecule has 6 unspecified atom stereocenters. The van der Waals surface area contributed by atoms with Gasteiger partial charge in [0.25, 0.3) is 0 Å². The van der Waals surface area contributed by atoms with Crippen LogP contribution < -0.4 is 21.7 Å². The summed E-state index contributed by atoms with van der Waals surface area (Å²) in [4.78, 5) is 50.3. The van der Waals surface area contributed by atoms with Gasteiger partial charge in [-0.05, 0) is 30.7 Å². The number of carboxylic acid groups (broad SMARTS) is 1. The standard InChI is InChI=1S/C25H40N4O6/c1-6-15(4)20(25(34)35)28-23(32)19(13-17-10-8-7-9-11-17)27-24(33)21(16(5)30)29-22(31)18(26)12-14(2)3/h7-11,14-16,18-21,30H,6,12-13,26H2,1-5H3,(H,27,33)(H,28,32)(H,29,31)(H,34,35). The lowest BCUT2D eigenvalue weighted by atomic mass is 9.98. The molecule has 0 spiro atoms. The first-order chi connectivity index (χ1) is 16.4. The zero-order chi connectivity index (χ0) is 26.7. The van der Waals surface area contributed by atoms with Gasteiger partial charge in [-0.2, -0.15) is 0 Å². The van der Waals surface area contributed by atoms with E-state index in [4.69, 9.17) is 5.73 Å². The number of nitrogens with one attached hydrogen (secondary N) is 3. The molecule has 0 saturated heterocycles. The fourth-order valence-electron chi connectivity index (χ4n) is 3.54. The van der Waals surface area contributed by atoms with E-state index in [-0.39, 0.29) is 18.3 Å². The second-order valence-corrected chi connectivity index (χ2v) is 9.42. The Labute approximate surface area is 207 Å². The average Bonchev–Trinajstić information content (AvgIpc) is 2.79. The van der Waals surface area contributed by atoms with Crippen LogP contribution in [0.2, 0.25) is 0 Å². The van der Waals surface area contributed by atoms with Crippen LogP contribution >= 0.6 is 0 Å². The lowest BCUT2D eigenvalue weighted by Crippen LogP contribution is -2.60. The lowest BCUT2D eigenvalue weighted by molar-refractivity contribution is -0.144. The second-order valence-electron chi connectivity index (χ2n) is 9.42. The van der Waals surface area contributed by atoms with Crippen LogP contribution in [0, 0.1) is 11.8 Å². The zero-order valence-electron chi connectivity index (χ0n) is 21.2. The quantitative estimate of drug-likeness (QED) is 0.220. The van der Waals surface area contributed by atoms with E-state index < -0.39 is 54.0 Å². The summed E-state index contributed by atoms with van der Waals surface area (Å²) >= 11 is 0. The van der Waals surface area contributed by atoms with E-state index in [0.717, 1.165) is 5.56 Å². The van der Waals surface area contributed by atoms with Gasteiger partial charge in [0.1, 0.15) is 18.1 Å². The molecule has 1 aromatic carbocycles. The summed E-state index contributed by atoms with van der Waals surface area (Å²) in [6.45, 7) is 8.68. The molecule has 0 aliphatic rings. The van der Waals surface area contributed by atoms with Crippen molar-refractivity contribution in [1.82, 2.24) is 16.0 Å². The van der Waals surface area contributed by atoms with Crippen LogP contribution in [0.4, 0.5) is 0 Å². The number of carbonyl (C=O) groups excluding carboxylic acids is 3. The second kappa shape index (κ2) is 14.4. The molecule has 0 heterocycles. The van der Waals surface area contributed by atoms with Gasteiger partial charge < -0.3 is 31.9 Å². The van der Waals surface area contributed by atoms with E-state index in [9.17, 15) is 29.4 Å². The predicted octanol–water partition coefficient (Wildman–Crippen LogP) is 0.568. The van der Waals surface area contributed by atoms with Crippen LogP contribution in [0.15, 0.2) is 30.3 Å². The largest absolute Gasteiger partial charge is 0.480 e. The summed E-state index contributed by atoms with van der Waals surface area (Å²) in [6, 6.07) is 4.42. The van der Waals surface area contributed by atoms with Crippen molar-refractivity contribution in [3.8, 4) is 0 Å². The van der Waals surface area contributed by atoms with Crippen LogP contribution in [0.3, 0.4) is 0 Å². The van der Waals surface area contributed by atoms with Gasteiger partial charge in [-0.3, -0.25) is 14.4 Å². The molecule has 6 atom stereocenters. The minimum absolute atomic E-state index is 0.0819. The molecule has 35 heavy (non-hydrogen) atoms. The van der Waals surface area contributed by atoms with E-state index in [1.54, 1.807) is 37.3 Å². The average molecular weight is 493 g/mol. The Morgan fingerprint density at radius 2 is 1.46 bits per heavy atom. The maximum atomic E-state index is 13.1. The molecule has 10 heteroatoms. The number of nitrogens with two attached hydrogens (primary N) is 1. The Kier molecular flexibility index (Phi) is 12.4. The summed E-state index contributed by atoms with van der Waals surface area (Å²) in [6.07, 6.45) is -0.263. The van der Waals surface area contributed by atoms with Crippen LogP contribution in [-0.4, -0.2) is 64.2 Å². The van der Waals surface area contributed by atoms with E-state index in [0.29, 0.717) is 12.8 Å². The van der Waals surface area contributed by atoms with Gasteiger partial charge in [-0.25, -0.2) is 4.79 Å². The minimum atomic E-state index is -1.35. The molecule has 1 aromatic rings. The third kappa shape index (κ3) is 10.0. The highest BCUT2D eigenvalue weighted by molar-refractivity contribution is 5.94. The number of aliphatic hydroxyl groups excluding tert-OH is 1. The van der Waals surface area contributed by atoms with E-state index >= 15 is 0 Å². The maximum absolute atomic E-state index is 13.1. The summed E-state index contributed by atoms with van der Waals surface area (Å²) < 4.78 is 0. The molecule has 0 saturated carbocycles. The minimum Gasteiger partial charge on any atom is -0.480 e. The van der Waals surface area contributed by atoms with Gasteiger partial charge in [0.05, 0.1) is 12.1 Å². The van der Waals surface area contributed by atoms with Gasteiger partial charge in [0.15, 0.2) is 0 Å². The number of hydrogen-bond acceptors (Lipinski definition) is 6. The van der Waals surface area contributed by atoms with Crippen molar-refractivity contribution in [2.45, 2.75) is 84.2 Å². The summed E-state index contributed by atoms with van der Waals surface area (Å²) in [5.41, 5.74) is 6.63. The first-order valence-electron chi connectivity index (χ1n) is 12.0. The predicted molar refractivity (Wildman–Crippen MR) is 132 cm³/mol. The van der Waals surface area contributed by atoms with Crippen LogP contribution in [-0.2, 0) is 25.6 Å². The van der Waals surface area contributed by atoms with Crippen molar-refractivity contribution in [2.24, 2.45) is 17.6 Å². The molecule has 1 rings (SSSR count). The number of aliphatic hydroxyl groups is 1. The zero-order valence-corrected chi connectivity index (χ0v) is 21.2. The molecule has 7 N–H and O–H groups in total. The molecule has 196 valence electrons. The van der Waals surface area contributed by atoms with Gasteiger partial charge in [-0.1, -0.05) is 64.4 Å². The molecule has 10 nitrogen and oxygen atoms in total. The first kappa shape index (κ1) is 30.1. The topological polar surface area (TPSA) is 171 Å². The van der Waals surface area contributed by atoms with Crippen molar-refractivity contribution >= 4 is 23.7 Å². The monoisotopic (exact) mass is 492 g/mol. The molecule has 0 aliphatic carbocycles. The molecule has 0 aromatic heterocycles. The Morgan fingerprint density at radius 1 is 0.886 bits per heavy atom. The van der Waals surface area contributed by atoms with Crippen LogP contribution in [0.1, 0.15) is 53.0 Å². The Morgan fingerprint density at radius 3 is 1.94 bits per heavy atom. The normalized spacial score (nSPS) is 16.3. The molecular weight excluding hydrogens is 452 g/mol. The highest BCUT2D eigenvalue weighted by Crippen LogP contribution is 2.10. The number of aliphatic carboxylic acids is 1. The molecular formula is C25H40N4O6. The van der Waals surface area contributed by atoms with Crippen LogP contribution in [0.25, 0.3) is 0 Å². The molecule has 0 fully saturated rings. The number of amides is 3. The third-order valence-corrected chi connectivity index (χ3v) is 5.82. The van der Waals surface area contributed by atoms with Crippen molar-refractivity contribution in [1.29, 1.82) is 0 Å². The lowest BCUT2D eigenvalue weighted by Gasteiger charge is -2.27. The summed E-state index contributed by atoms with van der Waals surface area (Å²) in [5, 5.41) is 27.3. The molecule has 0 bridgehead atoms. The Balaban J connectivity index is 3.10. The van der Waals surface area contributed by atoms with Gasteiger partial charge >= 0.3 is 5.97 Å². The SMILES string of the molecule is CCC(C)C(NC(=O)C(Cc1ccccc1)NC(=O)C(NC(=O)C(N)CC(C)C)C(C)O)C(=O)O. The first-order valence-corrected chi connectivity index (χ1v) is 12.0. The van der Waals surface area contributed by atoms with Gasteiger partial charge in [0, 0.05) is 6.42 Å². The van der Waals surface area contributed by atoms with E-state index in [1.807, 2.05) is 20.8 Å². The number of carbonyl (C=O) groups is 4. The Hall–Kier alpha value is -2.98. The van der Waals surface area contributed by atoms with Crippen molar-refractivity contribution in [3.63, 3.8) is 0 Å². The summed E-state index contributed by atoms with van der Waals surface area (Å²) in [5.74, 6) is -3.41. The summed E-state index contributed by atoms with van der Waals surface area (Å²) in [7, 11) is 0. The fraction of sp³-hybridized carbons (Fsp3) is 0.600. The van der Waals surface area contributed by atoms with Crippen molar-refractivity contribution < 1.29 is 29.4 Å². The van der Waals surface area contributed by atoms with Crippen molar-refractivity contribution in [2.75, 3.05) is 0 Å². The number of carboxylic acids is 1. The van der Waals surface area contributed by atoms with Crippen LogP contribution in [0.5, 0.6) is 0 Å². The Bertz CT molecular complexity index is 846. The third-order valence-electron chi connectivity index (χ3n) is 5.82. The van der Waals surface area contributed by atoms with E-state index in [2.05, 4.69) is 16.0 Å². The van der Waals surface area contributed by atoms with E-state index in [1.165, 1.54) is 6.92 Å². The molecule has 0 aliphatic heterocycles. The van der Waals surface area contributed by atoms with Crippen molar-refractivity contribution in [3.05, 3.63) is 35.9 Å². The maximum Gasteiger partial charge on any atom is 0.326 e.